The smallest absolute Gasteiger partial charge is 0.326 e. The van der Waals surface area contributed by atoms with Crippen LogP contribution in [0.3, 0.4) is 0 Å². The molecule has 12 heteroatoms. The molecule has 0 aliphatic heterocycles. The highest BCUT2D eigenvalue weighted by molar-refractivity contribution is 5.96. The standard InChI is InChI=1S/C19H24FN3O8/c20-12-6-4-11(5-7-12)16(26)22-13(17(27)28)3-1-2-10-21-19(31)23-14(18(29)30)8-9-15(24)25/h4-7,13-14H,1-3,8-10H2,(H,22,26)(H,24,25)(H,27,28)(H,29,30)(H2,21,23,31). The van der Waals surface area contributed by atoms with E-state index in [1.807, 2.05) is 0 Å². The lowest BCUT2D eigenvalue weighted by Gasteiger charge is -2.16. The predicted molar refractivity (Wildman–Crippen MR) is 104 cm³/mol. The minimum atomic E-state index is -1.36. The minimum Gasteiger partial charge on any atom is -0.481 e. The van der Waals surface area contributed by atoms with Crippen molar-refractivity contribution in [2.45, 2.75) is 44.2 Å². The number of rotatable bonds is 13. The fourth-order valence-electron chi connectivity index (χ4n) is 2.51. The van der Waals surface area contributed by atoms with Crippen LogP contribution in [-0.2, 0) is 14.4 Å². The number of aliphatic carboxylic acids is 3. The second-order valence-corrected chi connectivity index (χ2v) is 6.59. The van der Waals surface area contributed by atoms with E-state index in [1.165, 1.54) is 12.1 Å². The molecule has 2 unspecified atom stereocenters. The van der Waals surface area contributed by atoms with Crippen molar-refractivity contribution in [1.29, 1.82) is 0 Å². The summed E-state index contributed by atoms with van der Waals surface area (Å²) in [5.41, 5.74) is 0.113. The molecule has 0 saturated carbocycles. The number of carboxylic acid groups (broad SMARTS) is 3. The van der Waals surface area contributed by atoms with Gasteiger partial charge in [0.05, 0.1) is 0 Å². The van der Waals surface area contributed by atoms with E-state index in [-0.39, 0.29) is 24.9 Å². The molecule has 31 heavy (non-hydrogen) atoms. The number of nitrogens with one attached hydrogen (secondary N) is 3. The van der Waals surface area contributed by atoms with E-state index in [2.05, 4.69) is 16.0 Å². The third-order valence-electron chi connectivity index (χ3n) is 4.17. The zero-order valence-electron chi connectivity index (χ0n) is 16.5. The van der Waals surface area contributed by atoms with Gasteiger partial charge in [-0.2, -0.15) is 0 Å². The molecular weight excluding hydrogens is 417 g/mol. The van der Waals surface area contributed by atoms with Crippen LogP contribution in [0.25, 0.3) is 0 Å². The summed E-state index contributed by atoms with van der Waals surface area (Å²) in [6.45, 7) is 0.106. The van der Waals surface area contributed by atoms with Gasteiger partial charge in [0.25, 0.3) is 5.91 Å². The van der Waals surface area contributed by atoms with Gasteiger partial charge in [0.2, 0.25) is 0 Å². The quantitative estimate of drug-likeness (QED) is 0.243. The number of carboxylic acids is 3. The largest absolute Gasteiger partial charge is 0.481 e. The number of unbranched alkanes of at least 4 members (excludes halogenated alkanes) is 1. The van der Waals surface area contributed by atoms with Crippen LogP contribution in [0.5, 0.6) is 0 Å². The van der Waals surface area contributed by atoms with E-state index in [0.717, 1.165) is 12.1 Å². The molecule has 11 nitrogen and oxygen atoms in total. The molecule has 0 saturated heterocycles. The topological polar surface area (TPSA) is 182 Å². The molecule has 2 atom stereocenters. The zero-order valence-corrected chi connectivity index (χ0v) is 16.5. The third-order valence-corrected chi connectivity index (χ3v) is 4.17. The molecule has 0 fully saturated rings. The molecule has 0 heterocycles. The fourth-order valence-corrected chi connectivity index (χ4v) is 2.51. The molecular formula is C19H24FN3O8. The number of hydrogen-bond donors (Lipinski definition) is 6. The Morgan fingerprint density at radius 2 is 1.42 bits per heavy atom. The number of carbonyl (C=O) groups excluding carboxylic acids is 2. The average molecular weight is 441 g/mol. The van der Waals surface area contributed by atoms with Gasteiger partial charge in [-0.05, 0) is 49.9 Å². The molecule has 0 aliphatic rings. The van der Waals surface area contributed by atoms with Crippen molar-refractivity contribution in [3.05, 3.63) is 35.6 Å². The maximum atomic E-state index is 12.9. The summed E-state index contributed by atoms with van der Waals surface area (Å²) in [4.78, 5) is 56.7. The third kappa shape index (κ3) is 10.1. The number of amides is 3. The van der Waals surface area contributed by atoms with Crippen molar-refractivity contribution in [3.63, 3.8) is 0 Å². The number of urea groups is 1. The molecule has 1 aromatic carbocycles. The van der Waals surface area contributed by atoms with Crippen LogP contribution in [0, 0.1) is 5.82 Å². The molecule has 0 bridgehead atoms. The molecule has 6 N–H and O–H groups in total. The highest BCUT2D eigenvalue weighted by Gasteiger charge is 2.22. The number of halogens is 1. The summed E-state index contributed by atoms with van der Waals surface area (Å²) in [6.07, 6.45) is 0.0460. The SMILES string of the molecule is O=C(O)CCC(NC(=O)NCCCCC(NC(=O)c1ccc(F)cc1)C(=O)O)C(=O)O. The van der Waals surface area contributed by atoms with E-state index < -0.39 is 54.2 Å². The van der Waals surface area contributed by atoms with Crippen molar-refractivity contribution in [2.24, 2.45) is 0 Å². The Morgan fingerprint density at radius 1 is 0.839 bits per heavy atom. The minimum absolute atomic E-state index is 0.0714. The van der Waals surface area contributed by atoms with Crippen LogP contribution < -0.4 is 16.0 Å². The predicted octanol–water partition coefficient (Wildman–Crippen LogP) is 0.796. The monoisotopic (exact) mass is 441 g/mol. The Bertz CT molecular complexity index is 800. The van der Waals surface area contributed by atoms with Crippen molar-refractivity contribution >= 4 is 29.8 Å². The first-order chi connectivity index (χ1) is 14.6. The average Bonchev–Trinajstić information content (AvgIpc) is 2.69. The summed E-state index contributed by atoms with van der Waals surface area (Å²) < 4.78 is 12.9. The summed E-state index contributed by atoms with van der Waals surface area (Å²) in [6, 6.07) is 1.29. The Hall–Kier alpha value is -3.70. The van der Waals surface area contributed by atoms with Gasteiger partial charge in [-0.15, -0.1) is 0 Å². The Labute approximate surface area is 176 Å². The van der Waals surface area contributed by atoms with Gasteiger partial charge in [-0.1, -0.05) is 0 Å². The van der Waals surface area contributed by atoms with E-state index >= 15 is 0 Å². The second kappa shape index (κ2) is 12.8. The van der Waals surface area contributed by atoms with Gasteiger partial charge < -0.3 is 31.3 Å². The lowest BCUT2D eigenvalue weighted by Crippen LogP contribution is -2.46. The van der Waals surface area contributed by atoms with Crippen LogP contribution >= 0.6 is 0 Å². The summed E-state index contributed by atoms with van der Waals surface area (Å²) in [7, 11) is 0. The van der Waals surface area contributed by atoms with Crippen molar-refractivity contribution in [3.8, 4) is 0 Å². The first-order valence-electron chi connectivity index (χ1n) is 9.38. The van der Waals surface area contributed by atoms with Gasteiger partial charge in [-0.3, -0.25) is 9.59 Å². The number of benzene rings is 1. The van der Waals surface area contributed by atoms with Crippen LogP contribution in [0.4, 0.5) is 9.18 Å². The van der Waals surface area contributed by atoms with Gasteiger partial charge in [0, 0.05) is 18.5 Å². The van der Waals surface area contributed by atoms with Crippen LogP contribution in [-0.4, -0.2) is 63.8 Å². The second-order valence-electron chi connectivity index (χ2n) is 6.59. The molecule has 1 aromatic rings. The number of hydrogen-bond acceptors (Lipinski definition) is 5. The molecule has 0 aliphatic carbocycles. The van der Waals surface area contributed by atoms with Crippen molar-refractivity contribution in [2.75, 3.05) is 6.54 Å². The van der Waals surface area contributed by atoms with Gasteiger partial charge in [-0.25, -0.2) is 18.8 Å². The van der Waals surface area contributed by atoms with Crippen molar-refractivity contribution < 1.29 is 43.7 Å². The van der Waals surface area contributed by atoms with E-state index in [9.17, 15) is 33.5 Å². The van der Waals surface area contributed by atoms with E-state index in [0.29, 0.717) is 12.8 Å². The Morgan fingerprint density at radius 3 is 1.97 bits per heavy atom. The Kier molecular flexibility index (Phi) is 10.4. The van der Waals surface area contributed by atoms with E-state index in [1.54, 1.807) is 0 Å². The Balaban J connectivity index is 2.37. The zero-order chi connectivity index (χ0) is 23.4. The summed E-state index contributed by atoms with van der Waals surface area (Å²) >= 11 is 0. The normalized spacial score (nSPS) is 12.3. The van der Waals surface area contributed by atoms with Gasteiger partial charge in [0.15, 0.2) is 0 Å². The summed E-state index contributed by atoms with van der Waals surface area (Å²) in [5, 5.41) is 33.7. The molecule has 3 amide bonds. The highest BCUT2D eigenvalue weighted by atomic mass is 19.1. The maximum absolute atomic E-state index is 12.9. The van der Waals surface area contributed by atoms with E-state index in [4.69, 9.17) is 10.2 Å². The van der Waals surface area contributed by atoms with Crippen molar-refractivity contribution in [1.82, 2.24) is 16.0 Å². The molecule has 170 valence electrons. The molecule has 0 radical (unpaired) electrons. The lowest BCUT2D eigenvalue weighted by atomic mass is 10.1. The highest BCUT2D eigenvalue weighted by Crippen LogP contribution is 2.06. The van der Waals surface area contributed by atoms with Gasteiger partial charge >= 0.3 is 23.9 Å². The first-order valence-corrected chi connectivity index (χ1v) is 9.38. The van der Waals surface area contributed by atoms with Gasteiger partial charge in [0.1, 0.15) is 17.9 Å². The van der Waals surface area contributed by atoms with Crippen LogP contribution in [0.2, 0.25) is 0 Å². The lowest BCUT2D eigenvalue weighted by molar-refractivity contribution is -0.141. The molecule has 1 rings (SSSR count). The summed E-state index contributed by atoms with van der Waals surface area (Å²) in [5.74, 6) is -4.99. The molecule has 0 aromatic heterocycles. The maximum Gasteiger partial charge on any atom is 0.326 e. The van der Waals surface area contributed by atoms with Crippen LogP contribution in [0.15, 0.2) is 24.3 Å². The number of carbonyl (C=O) groups is 5. The first kappa shape index (κ1) is 25.3. The molecule has 0 spiro atoms. The fraction of sp³-hybridized carbons (Fsp3) is 0.421. The van der Waals surface area contributed by atoms with Crippen LogP contribution in [0.1, 0.15) is 42.5 Å².